The van der Waals surface area contributed by atoms with Crippen LogP contribution >= 0.6 is 0 Å². The predicted molar refractivity (Wildman–Crippen MR) is 106 cm³/mol. The molecule has 152 valence electrons. The Bertz CT molecular complexity index is 731. The van der Waals surface area contributed by atoms with Crippen molar-refractivity contribution in [3.63, 3.8) is 0 Å². The van der Waals surface area contributed by atoms with Crippen molar-refractivity contribution in [3.05, 3.63) is 30.1 Å². The molecule has 0 radical (unpaired) electrons. The van der Waals surface area contributed by atoms with E-state index in [1.807, 2.05) is 6.92 Å². The number of benzene rings is 1. The minimum Gasteiger partial charge on any atom is -0.349 e. The van der Waals surface area contributed by atoms with Crippen molar-refractivity contribution >= 4 is 17.5 Å². The molecule has 4 fully saturated rings. The van der Waals surface area contributed by atoms with Gasteiger partial charge in [0.05, 0.1) is 12.6 Å². The van der Waals surface area contributed by atoms with E-state index in [1.165, 1.54) is 31.4 Å². The van der Waals surface area contributed by atoms with E-state index in [2.05, 4.69) is 10.6 Å². The normalized spacial score (nSPS) is 31.6. The average Bonchev–Trinajstić information content (AvgIpc) is 2.59. The summed E-state index contributed by atoms with van der Waals surface area (Å²) in [5.74, 6) is 1.67. The fourth-order valence-electron chi connectivity index (χ4n) is 5.96. The van der Waals surface area contributed by atoms with Crippen LogP contribution in [0.5, 0.6) is 0 Å². The molecule has 1 aromatic rings. The number of likely N-dealkylation sites (N-methyl/N-ethyl adjacent to an activating group) is 1. The summed E-state index contributed by atoms with van der Waals surface area (Å²) in [6.45, 7) is 1.91. The molecule has 2 N–H and O–H groups in total. The highest BCUT2D eigenvalue weighted by Crippen LogP contribution is 2.55. The molecule has 0 aromatic heterocycles. The Kier molecular flexibility index (Phi) is 5.17. The molecule has 0 unspecified atom stereocenters. The molecule has 0 aliphatic heterocycles. The van der Waals surface area contributed by atoms with Crippen LogP contribution in [0.15, 0.2) is 24.3 Å². The van der Waals surface area contributed by atoms with Gasteiger partial charge in [-0.25, -0.2) is 4.39 Å². The molecule has 0 heterocycles. The first kappa shape index (κ1) is 19.4. The highest BCUT2D eigenvalue weighted by atomic mass is 19.1. The number of nitrogens with one attached hydrogen (secondary N) is 2. The molecule has 4 saturated carbocycles. The van der Waals surface area contributed by atoms with Crippen molar-refractivity contribution in [1.29, 1.82) is 0 Å². The van der Waals surface area contributed by atoms with Crippen LogP contribution in [-0.4, -0.2) is 41.9 Å². The molecule has 4 aliphatic carbocycles. The van der Waals surface area contributed by atoms with Gasteiger partial charge in [0.1, 0.15) is 5.82 Å². The summed E-state index contributed by atoms with van der Waals surface area (Å²) < 4.78 is 13.3. The monoisotopic (exact) mass is 387 g/mol. The lowest BCUT2D eigenvalue weighted by atomic mass is 9.53. The van der Waals surface area contributed by atoms with E-state index in [0.717, 1.165) is 37.0 Å². The SMILES string of the molecule is C[C@@H](C(=O)NC12CC3CC(CC(C3)C1)C2)N(C)CC(=O)Nc1cccc(F)c1. The highest BCUT2D eigenvalue weighted by molar-refractivity contribution is 5.92. The molecule has 4 bridgehead atoms. The Morgan fingerprint density at radius 3 is 2.36 bits per heavy atom. The molecule has 0 spiro atoms. The Morgan fingerprint density at radius 1 is 1.18 bits per heavy atom. The summed E-state index contributed by atoms with van der Waals surface area (Å²) in [5.41, 5.74) is 0.397. The third-order valence-corrected chi connectivity index (χ3v) is 6.97. The summed E-state index contributed by atoms with van der Waals surface area (Å²) in [4.78, 5) is 26.9. The highest BCUT2D eigenvalue weighted by Gasteiger charge is 2.51. The lowest BCUT2D eigenvalue weighted by Crippen LogP contribution is -2.62. The number of carbonyl (C=O) groups is 2. The van der Waals surface area contributed by atoms with Crippen molar-refractivity contribution in [3.8, 4) is 0 Å². The Labute approximate surface area is 166 Å². The fourth-order valence-corrected chi connectivity index (χ4v) is 5.96. The first-order chi connectivity index (χ1) is 13.3. The number of anilines is 1. The van der Waals surface area contributed by atoms with Gasteiger partial charge in [-0.2, -0.15) is 0 Å². The van der Waals surface area contributed by atoms with Crippen LogP contribution in [0, 0.1) is 23.6 Å². The van der Waals surface area contributed by atoms with Crippen molar-refractivity contribution in [1.82, 2.24) is 10.2 Å². The molecule has 5 nitrogen and oxygen atoms in total. The summed E-state index contributed by atoms with van der Waals surface area (Å²) in [7, 11) is 1.77. The number of amides is 2. The van der Waals surface area contributed by atoms with Crippen LogP contribution in [-0.2, 0) is 9.59 Å². The topological polar surface area (TPSA) is 61.4 Å². The number of halogens is 1. The number of hydrogen-bond acceptors (Lipinski definition) is 3. The third-order valence-electron chi connectivity index (χ3n) is 6.97. The van der Waals surface area contributed by atoms with E-state index in [4.69, 9.17) is 0 Å². The maximum atomic E-state index is 13.3. The van der Waals surface area contributed by atoms with Crippen molar-refractivity contribution in [2.75, 3.05) is 18.9 Å². The van der Waals surface area contributed by atoms with E-state index < -0.39 is 11.9 Å². The lowest BCUT2D eigenvalue weighted by Gasteiger charge is -2.57. The molecule has 1 aromatic carbocycles. The van der Waals surface area contributed by atoms with Gasteiger partial charge >= 0.3 is 0 Å². The quantitative estimate of drug-likeness (QED) is 0.788. The molecule has 5 rings (SSSR count). The molecule has 2 amide bonds. The predicted octanol–water partition coefficient (Wildman–Crippen LogP) is 3.17. The van der Waals surface area contributed by atoms with Gasteiger partial charge in [-0.05, 0) is 88.4 Å². The smallest absolute Gasteiger partial charge is 0.238 e. The van der Waals surface area contributed by atoms with E-state index >= 15 is 0 Å². The second-order valence-electron chi connectivity index (χ2n) is 9.34. The van der Waals surface area contributed by atoms with Gasteiger partial charge in [-0.3, -0.25) is 14.5 Å². The average molecular weight is 387 g/mol. The second-order valence-corrected chi connectivity index (χ2v) is 9.34. The van der Waals surface area contributed by atoms with Crippen LogP contribution < -0.4 is 10.6 Å². The van der Waals surface area contributed by atoms with Gasteiger partial charge < -0.3 is 10.6 Å². The molecule has 28 heavy (non-hydrogen) atoms. The van der Waals surface area contributed by atoms with Gasteiger partial charge in [-0.1, -0.05) is 6.07 Å². The third kappa shape index (κ3) is 4.07. The van der Waals surface area contributed by atoms with Gasteiger partial charge in [0.15, 0.2) is 0 Å². The number of hydrogen-bond donors (Lipinski definition) is 2. The molecule has 4 aliphatic rings. The molecule has 6 heteroatoms. The fraction of sp³-hybridized carbons (Fsp3) is 0.636. The van der Waals surface area contributed by atoms with Crippen molar-refractivity contribution < 1.29 is 14.0 Å². The minimum absolute atomic E-state index is 0.00278. The van der Waals surface area contributed by atoms with E-state index in [-0.39, 0.29) is 23.9 Å². The zero-order chi connectivity index (χ0) is 19.9. The zero-order valence-electron chi connectivity index (χ0n) is 16.7. The molecule has 0 saturated heterocycles. The summed E-state index contributed by atoms with van der Waals surface area (Å²) >= 11 is 0. The van der Waals surface area contributed by atoms with Crippen molar-refractivity contribution in [2.24, 2.45) is 17.8 Å². The molecule has 1 atom stereocenters. The van der Waals surface area contributed by atoms with Crippen LogP contribution in [0.1, 0.15) is 45.4 Å². The van der Waals surface area contributed by atoms with Crippen LogP contribution in [0.4, 0.5) is 10.1 Å². The molecular weight excluding hydrogens is 357 g/mol. The first-order valence-corrected chi connectivity index (χ1v) is 10.4. The number of nitrogens with zero attached hydrogens (tertiary/aromatic N) is 1. The summed E-state index contributed by atoms with van der Waals surface area (Å²) in [6, 6.07) is 5.41. The van der Waals surface area contributed by atoms with Crippen LogP contribution in [0.2, 0.25) is 0 Å². The van der Waals surface area contributed by atoms with Gasteiger partial charge in [0.25, 0.3) is 0 Å². The van der Waals surface area contributed by atoms with E-state index in [9.17, 15) is 14.0 Å². The number of rotatable bonds is 6. The number of carbonyl (C=O) groups excluding carboxylic acids is 2. The van der Waals surface area contributed by atoms with Gasteiger partial charge in [0.2, 0.25) is 11.8 Å². The largest absolute Gasteiger partial charge is 0.349 e. The Morgan fingerprint density at radius 2 is 1.79 bits per heavy atom. The van der Waals surface area contributed by atoms with Crippen molar-refractivity contribution in [2.45, 2.75) is 57.0 Å². The lowest BCUT2D eigenvalue weighted by molar-refractivity contribution is -0.131. The minimum atomic E-state index is -0.397. The second kappa shape index (κ2) is 7.47. The Hall–Kier alpha value is -1.95. The van der Waals surface area contributed by atoms with E-state index in [0.29, 0.717) is 5.69 Å². The standard InChI is InChI=1S/C22H30FN3O2/c1-14(26(2)13-20(27)24-19-5-3-4-18(23)9-19)21(28)25-22-10-15-6-16(11-22)8-17(7-15)12-22/h3-5,9,14-17H,6-8,10-13H2,1-2H3,(H,24,27)(H,25,28)/t14-,15?,16?,17?,22?/m0/s1. The molecular formula is C22H30FN3O2. The van der Waals surface area contributed by atoms with E-state index in [1.54, 1.807) is 24.1 Å². The summed E-state index contributed by atoms with van der Waals surface area (Å²) in [5, 5.41) is 6.06. The van der Waals surface area contributed by atoms with Crippen LogP contribution in [0.3, 0.4) is 0 Å². The maximum absolute atomic E-state index is 13.3. The van der Waals surface area contributed by atoms with Crippen LogP contribution in [0.25, 0.3) is 0 Å². The van der Waals surface area contributed by atoms with Gasteiger partial charge in [0, 0.05) is 11.2 Å². The maximum Gasteiger partial charge on any atom is 0.238 e. The first-order valence-electron chi connectivity index (χ1n) is 10.4. The zero-order valence-corrected chi connectivity index (χ0v) is 16.7. The van der Waals surface area contributed by atoms with Gasteiger partial charge in [-0.15, -0.1) is 0 Å². The summed E-state index contributed by atoms with van der Waals surface area (Å²) in [6.07, 6.45) is 7.35. The Balaban J connectivity index is 1.31.